The normalized spacial score (nSPS) is 15.3. The van der Waals surface area contributed by atoms with E-state index in [0.29, 0.717) is 37.0 Å². The molecule has 0 saturated carbocycles. The number of ether oxygens (including phenoxy) is 1. The Kier molecular flexibility index (Phi) is 6.34. The maximum atomic E-state index is 12.7. The summed E-state index contributed by atoms with van der Waals surface area (Å²) in [6.07, 6.45) is 8.21. The molecule has 1 aliphatic heterocycles. The van der Waals surface area contributed by atoms with Gasteiger partial charge in [0, 0.05) is 55.8 Å². The van der Waals surface area contributed by atoms with Crippen LogP contribution in [0, 0.1) is 0 Å². The first-order valence-electron chi connectivity index (χ1n) is 11.3. The molecule has 3 aromatic heterocycles. The number of hydrogen-bond donors (Lipinski definition) is 1. The van der Waals surface area contributed by atoms with Gasteiger partial charge in [-0.05, 0) is 45.7 Å². The Labute approximate surface area is 188 Å². The Balaban J connectivity index is 1.38. The van der Waals surface area contributed by atoms with Gasteiger partial charge in [0.25, 0.3) is 5.88 Å². The number of carbonyl (C=O) groups excluding carboxylic acids is 1. The highest BCUT2D eigenvalue weighted by Crippen LogP contribution is 2.34. The molecule has 172 valence electrons. The number of carbonyl (C=O) groups is 1. The minimum Gasteiger partial charge on any atom is -0.476 e. The van der Waals surface area contributed by atoms with Gasteiger partial charge in [0.1, 0.15) is 11.6 Å². The number of amides is 1. The van der Waals surface area contributed by atoms with Crippen molar-refractivity contribution in [2.24, 2.45) is 0 Å². The molecule has 9 heteroatoms. The number of likely N-dealkylation sites (tertiary alicyclic amines) is 1. The van der Waals surface area contributed by atoms with Crippen LogP contribution in [0.3, 0.4) is 0 Å². The summed E-state index contributed by atoms with van der Waals surface area (Å²) >= 11 is 0. The van der Waals surface area contributed by atoms with Gasteiger partial charge in [0.2, 0.25) is 5.91 Å². The lowest BCUT2D eigenvalue weighted by Gasteiger charge is -2.32. The summed E-state index contributed by atoms with van der Waals surface area (Å²) in [4.78, 5) is 23.8. The number of aryl methyl sites for hydroxylation is 1. The fourth-order valence-electron chi connectivity index (χ4n) is 4.11. The lowest BCUT2D eigenvalue weighted by Crippen LogP contribution is -2.38. The molecule has 0 aliphatic carbocycles. The highest BCUT2D eigenvalue weighted by atomic mass is 16.5. The first kappa shape index (κ1) is 22.1. The van der Waals surface area contributed by atoms with Crippen molar-refractivity contribution in [3.05, 3.63) is 36.1 Å². The van der Waals surface area contributed by atoms with Gasteiger partial charge in [0.05, 0.1) is 18.5 Å². The summed E-state index contributed by atoms with van der Waals surface area (Å²) in [5.41, 5.74) is 1.81. The van der Waals surface area contributed by atoms with E-state index in [9.17, 15) is 4.79 Å². The number of fused-ring (bicyclic) bond motifs is 1. The minimum absolute atomic E-state index is 0.0899. The fraction of sp³-hybridized carbons (Fsp3) is 0.565. The quantitative estimate of drug-likeness (QED) is 0.599. The van der Waals surface area contributed by atoms with E-state index in [2.05, 4.69) is 40.6 Å². The number of imidazole rings is 1. The Bertz CT molecular complexity index is 1060. The second-order valence-corrected chi connectivity index (χ2v) is 9.24. The van der Waals surface area contributed by atoms with Gasteiger partial charge >= 0.3 is 0 Å². The monoisotopic (exact) mass is 440 g/mol. The molecule has 1 fully saturated rings. The molecule has 0 bridgehead atoms. The van der Waals surface area contributed by atoms with Crippen molar-refractivity contribution in [3.8, 4) is 5.88 Å². The van der Waals surface area contributed by atoms with E-state index in [-0.39, 0.29) is 11.4 Å². The second-order valence-electron chi connectivity index (χ2n) is 9.24. The van der Waals surface area contributed by atoms with Crippen LogP contribution in [0.15, 0.2) is 29.2 Å². The zero-order valence-electron chi connectivity index (χ0n) is 19.3. The smallest absolute Gasteiger partial charge is 0.254 e. The van der Waals surface area contributed by atoms with Crippen molar-refractivity contribution in [2.45, 2.75) is 64.8 Å². The molecule has 32 heavy (non-hydrogen) atoms. The summed E-state index contributed by atoms with van der Waals surface area (Å²) in [5, 5.41) is 7.47. The summed E-state index contributed by atoms with van der Waals surface area (Å²) in [5.74, 6) is 2.61. The van der Waals surface area contributed by atoms with Gasteiger partial charge in [-0.25, -0.2) is 4.98 Å². The van der Waals surface area contributed by atoms with E-state index in [0.717, 1.165) is 43.1 Å². The molecule has 0 radical (unpaired) electrons. The molecular formula is C23H32N6O3. The van der Waals surface area contributed by atoms with E-state index in [1.807, 2.05) is 18.0 Å². The molecule has 4 rings (SSSR count). The van der Waals surface area contributed by atoms with Gasteiger partial charge < -0.3 is 19.5 Å². The average Bonchev–Trinajstić information content (AvgIpc) is 3.36. The molecule has 1 amide bonds. The molecule has 1 saturated heterocycles. The first-order valence-corrected chi connectivity index (χ1v) is 11.3. The van der Waals surface area contributed by atoms with Crippen molar-refractivity contribution >= 4 is 17.4 Å². The van der Waals surface area contributed by atoms with Crippen molar-refractivity contribution in [2.75, 3.05) is 25.0 Å². The first-order chi connectivity index (χ1) is 15.3. The van der Waals surface area contributed by atoms with Crippen molar-refractivity contribution < 1.29 is 14.1 Å². The number of anilines is 1. The molecule has 0 unspecified atom stereocenters. The molecule has 9 nitrogen and oxygen atoms in total. The SMILES string of the molecule is CCOc1cc(CCC(=O)N2CCC(c3nc4cnccn4c3NC(C)(C)C)CC2)on1. The second kappa shape index (κ2) is 9.18. The number of hydrogen-bond acceptors (Lipinski definition) is 7. The van der Waals surface area contributed by atoms with E-state index >= 15 is 0 Å². The van der Waals surface area contributed by atoms with Crippen LogP contribution in [-0.2, 0) is 11.2 Å². The summed E-state index contributed by atoms with van der Waals surface area (Å²) in [6.45, 7) is 10.3. The van der Waals surface area contributed by atoms with Crippen LogP contribution < -0.4 is 10.1 Å². The Morgan fingerprint density at radius 3 is 2.81 bits per heavy atom. The average molecular weight is 441 g/mol. The highest BCUT2D eigenvalue weighted by Gasteiger charge is 2.29. The predicted molar refractivity (Wildman–Crippen MR) is 121 cm³/mol. The number of aromatic nitrogens is 4. The number of piperidine rings is 1. The van der Waals surface area contributed by atoms with Crippen LogP contribution >= 0.6 is 0 Å². The van der Waals surface area contributed by atoms with Crippen LogP contribution in [0.25, 0.3) is 5.65 Å². The zero-order valence-corrected chi connectivity index (χ0v) is 19.3. The molecule has 3 aromatic rings. The Morgan fingerprint density at radius 2 is 2.09 bits per heavy atom. The fourth-order valence-corrected chi connectivity index (χ4v) is 4.11. The third kappa shape index (κ3) is 5.03. The molecule has 0 aromatic carbocycles. The maximum absolute atomic E-state index is 12.7. The van der Waals surface area contributed by atoms with Crippen LogP contribution in [0.2, 0.25) is 0 Å². The van der Waals surface area contributed by atoms with Crippen LogP contribution in [0.5, 0.6) is 5.88 Å². The summed E-state index contributed by atoms with van der Waals surface area (Å²) in [6, 6.07) is 1.75. The standard InChI is InChI=1S/C23H32N6O3/c1-5-31-19-14-17(32-27-19)6-7-20(30)28-11-8-16(9-12-28)21-22(26-23(2,3)4)29-13-10-24-15-18(29)25-21/h10,13-16,26H,5-9,11-12H2,1-4H3. The minimum atomic E-state index is -0.0899. The van der Waals surface area contributed by atoms with Crippen LogP contribution in [0.4, 0.5) is 5.82 Å². The number of nitrogens with one attached hydrogen (secondary N) is 1. The number of nitrogens with zero attached hydrogens (tertiary/aromatic N) is 5. The molecule has 4 heterocycles. The number of rotatable bonds is 7. The molecule has 0 atom stereocenters. The van der Waals surface area contributed by atoms with Gasteiger partial charge in [0.15, 0.2) is 5.65 Å². The molecule has 1 N–H and O–H groups in total. The third-order valence-corrected chi connectivity index (χ3v) is 5.60. The lowest BCUT2D eigenvalue weighted by atomic mass is 9.92. The highest BCUT2D eigenvalue weighted by molar-refractivity contribution is 5.76. The molecule has 0 spiro atoms. The van der Waals surface area contributed by atoms with E-state index in [1.54, 1.807) is 18.5 Å². The van der Waals surface area contributed by atoms with Crippen molar-refractivity contribution in [1.29, 1.82) is 0 Å². The van der Waals surface area contributed by atoms with E-state index < -0.39 is 0 Å². The van der Waals surface area contributed by atoms with Crippen molar-refractivity contribution in [3.63, 3.8) is 0 Å². The molecule has 1 aliphatic rings. The van der Waals surface area contributed by atoms with Crippen LogP contribution in [-0.4, -0.2) is 55.6 Å². The van der Waals surface area contributed by atoms with E-state index in [4.69, 9.17) is 14.2 Å². The topological polar surface area (TPSA) is 97.8 Å². The largest absolute Gasteiger partial charge is 0.476 e. The van der Waals surface area contributed by atoms with Crippen LogP contribution in [0.1, 0.15) is 64.3 Å². The predicted octanol–water partition coefficient (Wildman–Crippen LogP) is 3.67. The van der Waals surface area contributed by atoms with Crippen molar-refractivity contribution in [1.82, 2.24) is 24.4 Å². The summed E-state index contributed by atoms with van der Waals surface area (Å²) < 4.78 is 12.6. The Morgan fingerprint density at radius 1 is 1.31 bits per heavy atom. The Hall–Kier alpha value is -3.10. The zero-order chi connectivity index (χ0) is 22.7. The molecular weight excluding hydrogens is 408 g/mol. The van der Waals surface area contributed by atoms with Gasteiger partial charge in [-0.2, -0.15) is 0 Å². The van der Waals surface area contributed by atoms with Gasteiger partial charge in [-0.1, -0.05) is 0 Å². The van der Waals surface area contributed by atoms with Gasteiger partial charge in [-0.3, -0.25) is 14.2 Å². The third-order valence-electron chi connectivity index (χ3n) is 5.60. The maximum Gasteiger partial charge on any atom is 0.254 e. The van der Waals surface area contributed by atoms with Gasteiger partial charge in [-0.15, -0.1) is 0 Å². The van der Waals surface area contributed by atoms with E-state index in [1.165, 1.54) is 0 Å². The summed E-state index contributed by atoms with van der Waals surface area (Å²) in [7, 11) is 0. The lowest BCUT2D eigenvalue weighted by molar-refractivity contribution is -0.132.